The molecule has 2 nitrogen and oxygen atoms in total. The predicted octanol–water partition coefficient (Wildman–Crippen LogP) is -0.856. The average molecular weight is 128 g/mol. The van der Waals surface area contributed by atoms with Crippen molar-refractivity contribution in [3.8, 4) is 0 Å². The molecule has 0 aliphatic rings. The Morgan fingerprint density at radius 2 is 2.00 bits per heavy atom. The number of carboxylic acids is 1. The van der Waals surface area contributed by atoms with Crippen LogP contribution in [0.1, 0.15) is 13.3 Å². The van der Waals surface area contributed by atoms with E-state index in [-0.39, 0.29) is 23.5 Å². The first-order valence-electron chi connectivity index (χ1n) is 1.47. The first-order valence-corrected chi connectivity index (χ1v) is 1.47. The quantitative estimate of drug-likeness (QED) is 0.431. The molecule has 0 saturated carbocycles. The predicted molar refractivity (Wildman–Crippen MR) is 15.3 cm³/mol. The first-order chi connectivity index (χ1) is 2.27. The number of aliphatic carboxylic acids is 1. The van der Waals surface area contributed by atoms with Gasteiger partial charge in [-0.15, -0.1) is 0 Å². The summed E-state index contributed by atoms with van der Waals surface area (Å²) in [7, 11) is 0. The fourth-order valence-corrected chi connectivity index (χ4v) is 0. The molecule has 3 heteroatoms. The van der Waals surface area contributed by atoms with Gasteiger partial charge in [0.05, 0.1) is 0 Å². The fraction of sp³-hybridized carbons (Fsp3) is 0.667. The summed E-state index contributed by atoms with van der Waals surface area (Å²) >= 11 is 0. The second-order valence-electron chi connectivity index (χ2n) is 0.726. The van der Waals surface area contributed by atoms with Gasteiger partial charge in [0.2, 0.25) is 0 Å². The van der Waals surface area contributed by atoms with Gasteiger partial charge in [0.1, 0.15) is 0 Å². The average Bonchev–Trinajstić information content (AvgIpc) is 1.38. The van der Waals surface area contributed by atoms with Gasteiger partial charge in [0.25, 0.3) is 0 Å². The normalized spacial score (nSPS) is 6.17. The molecular formula is C3H5MnO2-. The van der Waals surface area contributed by atoms with Crippen molar-refractivity contribution in [2.24, 2.45) is 0 Å². The summed E-state index contributed by atoms with van der Waals surface area (Å²) in [6, 6.07) is 0. The van der Waals surface area contributed by atoms with Crippen LogP contribution in [0.5, 0.6) is 0 Å². The second-order valence-corrected chi connectivity index (χ2v) is 0.726. The summed E-state index contributed by atoms with van der Waals surface area (Å²) in [6.45, 7) is 1.54. The maximum absolute atomic E-state index is 9.26. The van der Waals surface area contributed by atoms with Crippen molar-refractivity contribution >= 4 is 5.97 Å². The van der Waals surface area contributed by atoms with Crippen LogP contribution in [0.15, 0.2) is 0 Å². The molecule has 0 aliphatic carbocycles. The molecule has 0 aromatic rings. The third kappa shape index (κ3) is 9.01. The minimum atomic E-state index is -0.995. The summed E-state index contributed by atoms with van der Waals surface area (Å²) in [6.07, 6.45) is 0.111. The molecule has 0 bridgehead atoms. The first kappa shape index (κ1) is 9.37. The molecule has 0 aromatic heterocycles. The van der Waals surface area contributed by atoms with E-state index in [2.05, 4.69) is 0 Å². The Balaban J connectivity index is 0. The van der Waals surface area contributed by atoms with Gasteiger partial charge < -0.3 is 9.90 Å². The Morgan fingerprint density at radius 1 is 1.83 bits per heavy atom. The van der Waals surface area contributed by atoms with E-state index < -0.39 is 5.97 Å². The van der Waals surface area contributed by atoms with Crippen LogP contribution in [-0.4, -0.2) is 5.97 Å². The number of carbonyl (C=O) groups excluding carboxylic acids is 1. The van der Waals surface area contributed by atoms with Gasteiger partial charge in [-0.25, -0.2) is 0 Å². The summed E-state index contributed by atoms with van der Waals surface area (Å²) in [5, 5.41) is 9.26. The van der Waals surface area contributed by atoms with E-state index >= 15 is 0 Å². The number of rotatable bonds is 1. The van der Waals surface area contributed by atoms with Gasteiger partial charge in [-0.3, -0.25) is 0 Å². The second kappa shape index (κ2) is 4.99. The number of hydrogen-bond donors (Lipinski definition) is 0. The van der Waals surface area contributed by atoms with Gasteiger partial charge >= 0.3 is 0 Å². The Labute approximate surface area is 47.0 Å². The van der Waals surface area contributed by atoms with E-state index in [4.69, 9.17) is 0 Å². The van der Waals surface area contributed by atoms with Gasteiger partial charge in [0.15, 0.2) is 0 Å². The maximum atomic E-state index is 9.26. The fourth-order valence-electron chi connectivity index (χ4n) is 0. The molecule has 0 spiro atoms. The van der Waals surface area contributed by atoms with E-state index in [1.165, 1.54) is 6.92 Å². The Morgan fingerprint density at radius 3 is 2.00 bits per heavy atom. The third-order valence-corrected chi connectivity index (χ3v) is 0.289. The molecule has 0 fully saturated rings. The van der Waals surface area contributed by atoms with Crippen molar-refractivity contribution in [2.45, 2.75) is 13.3 Å². The van der Waals surface area contributed by atoms with Crippen LogP contribution in [0.4, 0.5) is 0 Å². The van der Waals surface area contributed by atoms with Crippen LogP contribution in [-0.2, 0) is 21.9 Å². The topological polar surface area (TPSA) is 40.1 Å². The van der Waals surface area contributed by atoms with E-state index in [0.29, 0.717) is 0 Å². The standard InChI is InChI=1S/C3H6O2.Mn/c1-2-3(4)5;/h2H2,1H3,(H,4,5);/p-1. The number of carboxylic acid groups (broad SMARTS) is 1. The largest absolute Gasteiger partial charge is 0.550 e. The van der Waals surface area contributed by atoms with Crippen LogP contribution >= 0.6 is 0 Å². The molecule has 0 heterocycles. The number of carbonyl (C=O) groups is 1. The van der Waals surface area contributed by atoms with Crippen molar-refractivity contribution in [3.05, 3.63) is 0 Å². The summed E-state index contributed by atoms with van der Waals surface area (Å²) in [5.74, 6) is -0.995. The summed E-state index contributed by atoms with van der Waals surface area (Å²) < 4.78 is 0. The van der Waals surface area contributed by atoms with E-state index in [1.54, 1.807) is 0 Å². The van der Waals surface area contributed by atoms with Crippen LogP contribution in [0.25, 0.3) is 0 Å². The number of hydrogen-bond acceptors (Lipinski definition) is 2. The SMILES string of the molecule is CCC(=O)[O-].[Mn]. The molecule has 0 aromatic carbocycles. The van der Waals surface area contributed by atoms with Crippen molar-refractivity contribution in [2.75, 3.05) is 0 Å². The maximum Gasteiger partial charge on any atom is 0.0411 e. The van der Waals surface area contributed by atoms with Gasteiger partial charge in [-0.05, 0) is 6.42 Å². The minimum Gasteiger partial charge on any atom is -0.550 e. The summed E-state index contributed by atoms with van der Waals surface area (Å²) in [5.41, 5.74) is 0. The van der Waals surface area contributed by atoms with Crippen molar-refractivity contribution in [3.63, 3.8) is 0 Å². The molecule has 0 unspecified atom stereocenters. The monoisotopic (exact) mass is 128 g/mol. The molecule has 0 N–H and O–H groups in total. The van der Waals surface area contributed by atoms with Crippen LogP contribution in [0, 0.1) is 0 Å². The molecule has 0 amide bonds. The van der Waals surface area contributed by atoms with E-state index in [9.17, 15) is 9.90 Å². The molecule has 0 saturated heterocycles. The van der Waals surface area contributed by atoms with E-state index in [0.717, 1.165) is 0 Å². The Hall–Kier alpha value is -0.0105. The molecule has 0 rings (SSSR count). The van der Waals surface area contributed by atoms with Crippen molar-refractivity contribution < 1.29 is 27.0 Å². The Bertz CT molecular complexity index is 44.1. The third-order valence-electron chi connectivity index (χ3n) is 0.289. The van der Waals surface area contributed by atoms with E-state index in [1.807, 2.05) is 0 Å². The van der Waals surface area contributed by atoms with Crippen LogP contribution < -0.4 is 5.11 Å². The molecule has 0 atom stereocenters. The van der Waals surface area contributed by atoms with Crippen molar-refractivity contribution in [1.29, 1.82) is 0 Å². The molecule has 37 valence electrons. The summed E-state index contributed by atoms with van der Waals surface area (Å²) in [4.78, 5) is 9.26. The zero-order chi connectivity index (χ0) is 4.28. The van der Waals surface area contributed by atoms with Gasteiger partial charge in [-0.2, -0.15) is 0 Å². The molecule has 0 aliphatic heterocycles. The van der Waals surface area contributed by atoms with Crippen molar-refractivity contribution in [1.82, 2.24) is 0 Å². The minimum absolute atomic E-state index is 0. The molecule has 6 heavy (non-hydrogen) atoms. The zero-order valence-corrected chi connectivity index (χ0v) is 4.58. The van der Waals surface area contributed by atoms with Gasteiger partial charge in [-0.1, -0.05) is 6.92 Å². The van der Waals surface area contributed by atoms with Crippen LogP contribution in [0.2, 0.25) is 0 Å². The molecular weight excluding hydrogens is 123 g/mol. The van der Waals surface area contributed by atoms with Crippen LogP contribution in [0.3, 0.4) is 0 Å². The van der Waals surface area contributed by atoms with Gasteiger partial charge in [0, 0.05) is 23.0 Å². The zero-order valence-electron chi connectivity index (χ0n) is 3.40. The Kier molecular flexibility index (Phi) is 7.79. The molecule has 1 radical (unpaired) electrons. The smallest absolute Gasteiger partial charge is 0.0411 e.